The molecule has 0 heterocycles. The van der Waals surface area contributed by atoms with E-state index in [2.05, 4.69) is 0 Å². The molecule has 4 radical (unpaired) electrons. The van der Waals surface area contributed by atoms with Gasteiger partial charge in [-0.15, -0.1) is 0 Å². The summed E-state index contributed by atoms with van der Waals surface area (Å²) in [6, 6.07) is 0. The third-order valence-corrected chi connectivity index (χ3v) is 0.911. The molecule has 0 saturated carbocycles. The van der Waals surface area contributed by atoms with Gasteiger partial charge < -0.3 is 0 Å². The van der Waals surface area contributed by atoms with E-state index in [1.54, 1.807) is 0 Å². The first-order chi connectivity index (χ1) is 3.71. The molecule has 0 amide bonds. The maximum absolute atomic E-state index is 5.74. The van der Waals surface area contributed by atoms with Crippen LogP contribution in [0.2, 0.25) is 0 Å². The molecule has 0 saturated heterocycles. The van der Waals surface area contributed by atoms with E-state index in [1.165, 1.54) is 0 Å². The molecule has 0 spiro atoms. The van der Waals surface area contributed by atoms with Crippen LogP contribution in [0.15, 0.2) is 0 Å². The van der Waals surface area contributed by atoms with Crippen LogP contribution in [0.25, 0.3) is 0 Å². The zero-order valence-corrected chi connectivity index (χ0v) is 6.86. The highest BCUT2D eigenvalue weighted by Gasteiger charge is 2.20. The van der Waals surface area contributed by atoms with Gasteiger partial charge in [0.15, 0.2) is 0 Å². The summed E-state index contributed by atoms with van der Waals surface area (Å²) in [6.07, 6.45) is 0.847. The van der Waals surface area contributed by atoms with E-state index >= 15 is 0 Å². The summed E-state index contributed by atoms with van der Waals surface area (Å²) in [7, 11) is 0. The Labute approximate surface area is 59.7 Å². The Bertz CT molecular complexity index is 65.2. The van der Waals surface area contributed by atoms with Crippen LogP contribution in [0, 0.1) is 24.7 Å². The second kappa shape index (κ2) is 2.32. The smallest absolute Gasteiger partial charge is 0.0290 e. The first-order valence-electron chi connectivity index (χ1n) is 3.28. The van der Waals surface area contributed by atoms with Crippen molar-refractivity contribution in [1.82, 2.24) is 0 Å². The van der Waals surface area contributed by atoms with E-state index in [9.17, 15) is 0 Å². The van der Waals surface area contributed by atoms with Crippen molar-refractivity contribution in [3.8, 4) is 0 Å². The standard InChI is InChI=1S/C9H16/c1-8(2,3)7-9(4,5)6/h1,4H,7H2,2-3,5-6H3. The summed E-state index contributed by atoms with van der Waals surface area (Å²) >= 11 is 0. The second-order valence-corrected chi connectivity index (χ2v) is 4.15. The van der Waals surface area contributed by atoms with E-state index in [4.69, 9.17) is 13.8 Å². The molecule has 0 aliphatic heterocycles. The Kier molecular flexibility index (Phi) is 2.32. The first-order valence-corrected chi connectivity index (χ1v) is 3.28. The van der Waals surface area contributed by atoms with Crippen LogP contribution in [0.3, 0.4) is 0 Å². The first kappa shape index (κ1) is 9.00. The highest BCUT2D eigenvalue weighted by molar-refractivity contribution is 4.81. The molecule has 52 valence electrons. The molecule has 9 heavy (non-hydrogen) atoms. The fourth-order valence-corrected chi connectivity index (χ4v) is 1.17. The van der Waals surface area contributed by atoms with Gasteiger partial charge in [0, 0.05) is 0 Å². The van der Waals surface area contributed by atoms with Crippen molar-refractivity contribution in [2.24, 2.45) is 10.8 Å². The lowest BCUT2D eigenvalue weighted by molar-refractivity contribution is 0.290. The fraction of sp³-hybridized carbons (Fsp3) is 0.778. The van der Waals surface area contributed by atoms with E-state index < -0.39 is 0 Å². The zero-order chi connectivity index (χ0) is 7.71. The highest BCUT2D eigenvalue weighted by Crippen LogP contribution is 2.31. The topological polar surface area (TPSA) is 0 Å². The highest BCUT2D eigenvalue weighted by atomic mass is 14.3. The Morgan fingerprint density at radius 2 is 1.11 bits per heavy atom. The average molecular weight is 124 g/mol. The van der Waals surface area contributed by atoms with Crippen molar-refractivity contribution in [3.05, 3.63) is 13.8 Å². The molecule has 0 aromatic rings. The van der Waals surface area contributed by atoms with Gasteiger partial charge in [0.25, 0.3) is 0 Å². The number of rotatable bonds is 2. The van der Waals surface area contributed by atoms with E-state index in [1.807, 2.05) is 27.7 Å². The minimum atomic E-state index is -0.141. The molecular weight excluding hydrogens is 108 g/mol. The molecule has 0 unspecified atom stereocenters. The van der Waals surface area contributed by atoms with Crippen LogP contribution < -0.4 is 0 Å². The van der Waals surface area contributed by atoms with Crippen LogP contribution in [0.5, 0.6) is 0 Å². The van der Waals surface area contributed by atoms with Gasteiger partial charge in [-0.2, -0.15) is 0 Å². The van der Waals surface area contributed by atoms with Gasteiger partial charge in [-0.1, -0.05) is 27.7 Å². The lowest BCUT2D eigenvalue weighted by Crippen LogP contribution is -2.17. The number of hydrogen-bond donors (Lipinski definition) is 0. The quantitative estimate of drug-likeness (QED) is 0.531. The van der Waals surface area contributed by atoms with Crippen molar-refractivity contribution >= 4 is 0 Å². The zero-order valence-electron chi connectivity index (χ0n) is 6.86. The van der Waals surface area contributed by atoms with Crippen molar-refractivity contribution in [1.29, 1.82) is 0 Å². The van der Waals surface area contributed by atoms with Crippen LogP contribution in [-0.4, -0.2) is 0 Å². The lowest BCUT2D eigenvalue weighted by atomic mass is 9.78. The fourth-order valence-electron chi connectivity index (χ4n) is 1.17. The molecule has 0 rings (SSSR count). The summed E-state index contributed by atoms with van der Waals surface area (Å²) in [5.74, 6) is 0. The molecule has 0 aliphatic rings. The molecule has 0 N–H and O–H groups in total. The predicted molar refractivity (Wildman–Crippen MR) is 40.8 cm³/mol. The van der Waals surface area contributed by atoms with Crippen LogP contribution >= 0.6 is 0 Å². The molecule has 0 aromatic heterocycles. The third-order valence-electron chi connectivity index (χ3n) is 0.911. The molecule has 0 bridgehead atoms. The monoisotopic (exact) mass is 124 g/mol. The SMILES string of the molecule is [CH]C(C)(C)CC([CH])(C)C. The van der Waals surface area contributed by atoms with Crippen molar-refractivity contribution in [2.45, 2.75) is 34.1 Å². The van der Waals surface area contributed by atoms with Gasteiger partial charge in [0.1, 0.15) is 0 Å². The van der Waals surface area contributed by atoms with Gasteiger partial charge >= 0.3 is 0 Å². The van der Waals surface area contributed by atoms with Crippen molar-refractivity contribution < 1.29 is 0 Å². The maximum Gasteiger partial charge on any atom is -0.0290 e. The molecule has 0 aromatic carbocycles. The largest absolute Gasteiger partial charge is 0.0596 e. The summed E-state index contributed by atoms with van der Waals surface area (Å²) in [5.41, 5.74) is -0.281. The normalized spacial score (nSPS) is 14.0. The minimum Gasteiger partial charge on any atom is -0.0596 e. The molecule has 0 atom stereocenters. The van der Waals surface area contributed by atoms with Gasteiger partial charge in [0.2, 0.25) is 0 Å². The lowest BCUT2D eigenvalue weighted by Gasteiger charge is -2.27. The van der Waals surface area contributed by atoms with E-state index in [0.29, 0.717) is 0 Å². The van der Waals surface area contributed by atoms with E-state index in [0.717, 1.165) is 6.42 Å². The predicted octanol–water partition coefficient (Wildman–Crippen LogP) is 2.85. The Balaban J connectivity index is 3.75. The molecule has 0 fully saturated rings. The van der Waals surface area contributed by atoms with Gasteiger partial charge in [0.05, 0.1) is 0 Å². The average Bonchev–Trinajstić information content (AvgIpc) is 1.14. The number of hydrogen-bond acceptors (Lipinski definition) is 0. The van der Waals surface area contributed by atoms with Gasteiger partial charge in [-0.3, -0.25) is 0 Å². The molecule has 0 heteroatoms. The van der Waals surface area contributed by atoms with Crippen molar-refractivity contribution in [2.75, 3.05) is 0 Å². The van der Waals surface area contributed by atoms with Crippen LogP contribution in [0.1, 0.15) is 34.1 Å². The summed E-state index contributed by atoms with van der Waals surface area (Å²) in [5, 5.41) is 0. The summed E-state index contributed by atoms with van der Waals surface area (Å²) in [4.78, 5) is 0. The molecule has 0 nitrogen and oxygen atoms in total. The van der Waals surface area contributed by atoms with Crippen molar-refractivity contribution in [3.63, 3.8) is 0 Å². The third kappa shape index (κ3) is 8.00. The van der Waals surface area contributed by atoms with Crippen LogP contribution in [-0.2, 0) is 0 Å². The summed E-state index contributed by atoms with van der Waals surface area (Å²) in [6.45, 7) is 19.4. The maximum atomic E-state index is 5.74. The Hall–Kier alpha value is 0. The summed E-state index contributed by atoms with van der Waals surface area (Å²) < 4.78 is 0. The molecule has 0 aliphatic carbocycles. The Morgan fingerprint density at radius 3 is 1.11 bits per heavy atom. The second-order valence-electron chi connectivity index (χ2n) is 4.15. The van der Waals surface area contributed by atoms with Gasteiger partial charge in [-0.25, -0.2) is 0 Å². The molecular formula is C9H16. The minimum absolute atomic E-state index is 0.141. The van der Waals surface area contributed by atoms with Crippen LogP contribution in [0.4, 0.5) is 0 Å². The van der Waals surface area contributed by atoms with E-state index in [-0.39, 0.29) is 10.8 Å². The van der Waals surface area contributed by atoms with Gasteiger partial charge in [-0.05, 0) is 31.1 Å². The Morgan fingerprint density at radius 1 is 0.889 bits per heavy atom.